The Kier molecular flexibility index (Phi) is 4.20. The predicted molar refractivity (Wildman–Crippen MR) is 73.5 cm³/mol. The maximum atomic E-state index is 10.6. The van der Waals surface area contributed by atoms with Crippen molar-refractivity contribution in [2.75, 3.05) is 11.9 Å². The highest BCUT2D eigenvalue weighted by Gasteiger charge is 2.24. The molecule has 1 heterocycles. The summed E-state index contributed by atoms with van der Waals surface area (Å²) in [6.45, 7) is 5.11. The fourth-order valence-corrected chi connectivity index (χ4v) is 2.52. The third kappa shape index (κ3) is 3.01. The second-order valence-corrected chi connectivity index (χ2v) is 5.06. The van der Waals surface area contributed by atoms with Crippen LogP contribution in [0.4, 0.5) is 5.69 Å². The molecule has 3 N–H and O–H groups in total. The highest BCUT2D eigenvalue weighted by Crippen LogP contribution is 2.33. The van der Waals surface area contributed by atoms with E-state index in [1.54, 1.807) is 0 Å². The smallest absolute Gasteiger partial charge is 0.208 e. The Morgan fingerprint density at radius 2 is 2.22 bits per heavy atom. The van der Waals surface area contributed by atoms with Crippen molar-refractivity contribution in [1.29, 1.82) is 0 Å². The van der Waals surface area contributed by atoms with Crippen LogP contribution in [-0.2, 0) is 4.79 Å². The Hall–Kier alpha value is -1.55. The number of amides is 1. The number of benzene rings is 1. The summed E-state index contributed by atoms with van der Waals surface area (Å²) in [6.07, 6.45) is 1.70. The SMILES string of the molecule is CC(C)NC(CC1CNc2ccccc21)NC=O. The van der Waals surface area contributed by atoms with Gasteiger partial charge in [-0.25, -0.2) is 0 Å². The second kappa shape index (κ2) is 5.87. The molecule has 0 aromatic heterocycles. The second-order valence-electron chi connectivity index (χ2n) is 5.06. The zero-order valence-corrected chi connectivity index (χ0v) is 10.9. The van der Waals surface area contributed by atoms with E-state index in [0.29, 0.717) is 12.0 Å². The van der Waals surface area contributed by atoms with Gasteiger partial charge in [-0.3, -0.25) is 10.1 Å². The molecular weight excluding hydrogens is 226 g/mol. The summed E-state index contributed by atoms with van der Waals surface area (Å²) < 4.78 is 0. The molecule has 0 aliphatic carbocycles. The van der Waals surface area contributed by atoms with Crippen LogP contribution in [0.2, 0.25) is 0 Å². The molecule has 2 rings (SSSR count). The molecule has 0 fully saturated rings. The third-order valence-electron chi connectivity index (χ3n) is 3.26. The van der Waals surface area contributed by atoms with Crippen molar-refractivity contribution in [3.63, 3.8) is 0 Å². The monoisotopic (exact) mass is 247 g/mol. The van der Waals surface area contributed by atoms with Crippen LogP contribution in [0.5, 0.6) is 0 Å². The minimum Gasteiger partial charge on any atom is -0.384 e. The molecule has 0 spiro atoms. The Bertz CT molecular complexity index is 406. The summed E-state index contributed by atoms with van der Waals surface area (Å²) in [5.74, 6) is 0.449. The average Bonchev–Trinajstić information content (AvgIpc) is 2.72. The molecule has 0 bridgehead atoms. The molecule has 1 aliphatic heterocycles. The summed E-state index contributed by atoms with van der Waals surface area (Å²) in [7, 11) is 0. The minimum absolute atomic E-state index is 0.0282. The van der Waals surface area contributed by atoms with Gasteiger partial charge in [-0.15, -0.1) is 0 Å². The van der Waals surface area contributed by atoms with Crippen molar-refractivity contribution in [2.45, 2.75) is 38.4 Å². The zero-order valence-electron chi connectivity index (χ0n) is 10.9. The van der Waals surface area contributed by atoms with Crippen LogP contribution in [0, 0.1) is 0 Å². The van der Waals surface area contributed by atoms with E-state index in [2.05, 4.69) is 48.0 Å². The summed E-state index contributed by atoms with van der Waals surface area (Å²) in [5, 5.41) is 9.63. The summed E-state index contributed by atoms with van der Waals surface area (Å²) >= 11 is 0. The highest BCUT2D eigenvalue weighted by molar-refractivity contribution is 5.57. The first kappa shape index (κ1) is 12.9. The molecule has 18 heavy (non-hydrogen) atoms. The molecule has 1 aromatic rings. The summed E-state index contributed by atoms with van der Waals surface area (Å²) in [6, 6.07) is 8.73. The number of hydrogen-bond donors (Lipinski definition) is 3. The van der Waals surface area contributed by atoms with E-state index in [9.17, 15) is 4.79 Å². The average molecular weight is 247 g/mol. The molecular formula is C14H21N3O. The van der Waals surface area contributed by atoms with Gasteiger partial charge in [0, 0.05) is 24.2 Å². The molecule has 0 saturated carbocycles. The van der Waals surface area contributed by atoms with Crippen molar-refractivity contribution in [2.24, 2.45) is 0 Å². The lowest BCUT2D eigenvalue weighted by Gasteiger charge is -2.23. The van der Waals surface area contributed by atoms with Crippen LogP contribution in [-0.4, -0.2) is 25.2 Å². The first-order valence-corrected chi connectivity index (χ1v) is 6.49. The van der Waals surface area contributed by atoms with Crippen LogP contribution in [0.3, 0.4) is 0 Å². The third-order valence-corrected chi connectivity index (χ3v) is 3.26. The van der Waals surface area contributed by atoms with E-state index in [1.165, 1.54) is 11.3 Å². The molecule has 0 saturated heterocycles. The van der Waals surface area contributed by atoms with Gasteiger partial charge in [-0.1, -0.05) is 18.2 Å². The van der Waals surface area contributed by atoms with Crippen molar-refractivity contribution >= 4 is 12.1 Å². The number of carbonyl (C=O) groups excluding carboxylic acids is 1. The number of fused-ring (bicyclic) bond motifs is 1. The lowest BCUT2D eigenvalue weighted by atomic mass is 9.96. The van der Waals surface area contributed by atoms with Gasteiger partial charge in [0.2, 0.25) is 6.41 Å². The number of nitrogens with one attached hydrogen (secondary N) is 3. The first-order valence-electron chi connectivity index (χ1n) is 6.49. The van der Waals surface area contributed by atoms with Crippen LogP contribution < -0.4 is 16.0 Å². The first-order chi connectivity index (χ1) is 8.70. The Morgan fingerprint density at radius 1 is 1.44 bits per heavy atom. The molecule has 4 heteroatoms. The van der Waals surface area contributed by atoms with Gasteiger partial charge in [0.05, 0.1) is 6.17 Å². The van der Waals surface area contributed by atoms with E-state index < -0.39 is 0 Å². The quantitative estimate of drug-likeness (QED) is 0.529. The highest BCUT2D eigenvalue weighted by atomic mass is 16.1. The topological polar surface area (TPSA) is 53.2 Å². The number of para-hydroxylation sites is 1. The van der Waals surface area contributed by atoms with Gasteiger partial charge in [-0.2, -0.15) is 0 Å². The van der Waals surface area contributed by atoms with Gasteiger partial charge >= 0.3 is 0 Å². The fraction of sp³-hybridized carbons (Fsp3) is 0.500. The Labute approximate surface area is 108 Å². The van der Waals surface area contributed by atoms with Crippen molar-refractivity contribution in [3.05, 3.63) is 29.8 Å². The van der Waals surface area contributed by atoms with E-state index in [0.717, 1.165) is 19.4 Å². The van der Waals surface area contributed by atoms with E-state index >= 15 is 0 Å². The molecule has 1 aromatic carbocycles. The van der Waals surface area contributed by atoms with Gasteiger partial charge in [-0.05, 0) is 31.9 Å². The van der Waals surface area contributed by atoms with E-state index in [1.807, 2.05) is 6.07 Å². The van der Waals surface area contributed by atoms with E-state index in [-0.39, 0.29) is 6.17 Å². The minimum atomic E-state index is 0.0282. The Morgan fingerprint density at radius 3 is 2.94 bits per heavy atom. The number of anilines is 1. The summed E-state index contributed by atoms with van der Waals surface area (Å²) in [5.41, 5.74) is 2.57. The molecule has 4 nitrogen and oxygen atoms in total. The van der Waals surface area contributed by atoms with E-state index in [4.69, 9.17) is 0 Å². The maximum Gasteiger partial charge on any atom is 0.208 e. The normalized spacial score (nSPS) is 19.2. The van der Waals surface area contributed by atoms with Crippen LogP contribution in [0.25, 0.3) is 0 Å². The van der Waals surface area contributed by atoms with Gasteiger partial charge in [0.25, 0.3) is 0 Å². The van der Waals surface area contributed by atoms with Gasteiger partial charge < -0.3 is 10.6 Å². The lowest BCUT2D eigenvalue weighted by molar-refractivity contribution is -0.110. The molecule has 2 atom stereocenters. The summed E-state index contributed by atoms with van der Waals surface area (Å²) in [4.78, 5) is 10.6. The molecule has 2 unspecified atom stereocenters. The van der Waals surface area contributed by atoms with Crippen LogP contribution >= 0.6 is 0 Å². The Balaban J connectivity index is 2.02. The van der Waals surface area contributed by atoms with Crippen LogP contribution in [0.15, 0.2) is 24.3 Å². The molecule has 1 aliphatic rings. The number of rotatable bonds is 6. The maximum absolute atomic E-state index is 10.6. The largest absolute Gasteiger partial charge is 0.384 e. The van der Waals surface area contributed by atoms with Crippen molar-refractivity contribution < 1.29 is 4.79 Å². The number of hydrogen-bond acceptors (Lipinski definition) is 3. The van der Waals surface area contributed by atoms with Gasteiger partial charge in [0.1, 0.15) is 0 Å². The standard InChI is InChI=1S/C14H21N3O/c1-10(2)17-14(16-9-18)7-11-8-15-13-6-4-3-5-12(11)13/h3-6,9-11,14-15,17H,7-8H2,1-2H3,(H,16,18). The molecule has 98 valence electrons. The predicted octanol–water partition coefficient (Wildman–Crippen LogP) is 1.66. The molecule has 1 amide bonds. The lowest BCUT2D eigenvalue weighted by Crippen LogP contribution is -2.46. The number of carbonyl (C=O) groups is 1. The van der Waals surface area contributed by atoms with Crippen LogP contribution in [0.1, 0.15) is 31.7 Å². The zero-order chi connectivity index (χ0) is 13.0. The fourth-order valence-electron chi connectivity index (χ4n) is 2.52. The van der Waals surface area contributed by atoms with Crippen molar-refractivity contribution in [3.8, 4) is 0 Å². The molecule has 0 radical (unpaired) electrons. The van der Waals surface area contributed by atoms with Gasteiger partial charge in [0.15, 0.2) is 0 Å². The van der Waals surface area contributed by atoms with Crippen molar-refractivity contribution in [1.82, 2.24) is 10.6 Å².